The molecule has 2 heterocycles. The van der Waals surface area contributed by atoms with Crippen molar-refractivity contribution < 1.29 is 24.2 Å². The highest BCUT2D eigenvalue weighted by atomic mass is 16.6. The molecule has 3 atom stereocenters. The third-order valence-electron chi connectivity index (χ3n) is 4.80. The zero-order valence-electron chi connectivity index (χ0n) is 18.6. The number of aliphatic hydroxyl groups is 1. The van der Waals surface area contributed by atoms with Gasteiger partial charge in [0.1, 0.15) is 25.5 Å². The van der Waals surface area contributed by atoms with Crippen LogP contribution in [-0.4, -0.2) is 67.9 Å². The van der Waals surface area contributed by atoms with Crippen LogP contribution < -0.4 is 22.3 Å². The van der Waals surface area contributed by atoms with Gasteiger partial charge in [-0.1, -0.05) is 27.7 Å². The lowest BCUT2D eigenvalue weighted by Gasteiger charge is -2.25. The molecular weight excluding hydrogens is 422 g/mol. The van der Waals surface area contributed by atoms with Gasteiger partial charge in [0, 0.05) is 0 Å². The third kappa shape index (κ3) is 6.24. The number of nitrogens with two attached hydrogens (primary N) is 2. The Labute approximate surface area is 184 Å². The molecule has 0 bridgehead atoms. The first-order valence-corrected chi connectivity index (χ1v) is 10.2. The number of aromatic nitrogens is 4. The standard InChI is InChI=1S/C19H31N7O6/c1-9(2)12(20)16(28)23-13(10(3)4)18(30)31-6-11(5-27)32-8-26-7-22-14-15(26)24-19(21)25-17(14)29/h7,9-13,27H,5-6,8,20H2,1-4H3,(H,23,28)(H3,21,24,25,29)/t11-,12+,13+/m1/s1. The van der Waals surface area contributed by atoms with Crippen LogP contribution >= 0.6 is 0 Å². The van der Waals surface area contributed by atoms with E-state index in [0.717, 1.165) is 0 Å². The van der Waals surface area contributed by atoms with Crippen LogP contribution in [-0.2, 0) is 25.8 Å². The molecule has 0 radical (unpaired) electrons. The largest absolute Gasteiger partial charge is 0.461 e. The fourth-order valence-corrected chi connectivity index (χ4v) is 2.72. The highest BCUT2D eigenvalue weighted by Gasteiger charge is 2.29. The van der Waals surface area contributed by atoms with Gasteiger partial charge in [0.25, 0.3) is 5.56 Å². The maximum absolute atomic E-state index is 12.5. The number of rotatable bonds is 11. The van der Waals surface area contributed by atoms with Crippen molar-refractivity contribution in [1.29, 1.82) is 0 Å². The second kappa shape index (κ2) is 11.0. The van der Waals surface area contributed by atoms with Gasteiger partial charge < -0.3 is 31.4 Å². The number of hydrogen-bond donors (Lipinski definition) is 5. The molecule has 2 aromatic rings. The van der Waals surface area contributed by atoms with Gasteiger partial charge in [-0.25, -0.2) is 9.78 Å². The van der Waals surface area contributed by atoms with Crippen LogP contribution in [0.5, 0.6) is 0 Å². The molecular formula is C19H31N7O6. The van der Waals surface area contributed by atoms with Crippen LogP contribution in [0.1, 0.15) is 27.7 Å². The van der Waals surface area contributed by atoms with E-state index in [1.165, 1.54) is 10.9 Å². The molecule has 0 saturated carbocycles. The van der Waals surface area contributed by atoms with Crippen molar-refractivity contribution in [3.8, 4) is 0 Å². The molecule has 13 nitrogen and oxygen atoms in total. The van der Waals surface area contributed by atoms with Crippen molar-refractivity contribution >= 4 is 29.0 Å². The van der Waals surface area contributed by atoms with Crippen LogP contribution in [0.2, 0.25) is 0 Å². The molecule has 2 rings (SSSR count). The smallest absolute Gasteiger partial charge is 0.328 e. The topological polar surface area (TPSA) is 200 Å². The third-order valence-corrected chi connectivity index (χ3v) is 4.80. The molecule has 0 spiro atoms. The maximum atomic E-state index is 12.5. The molecule has 1 amide bonds. The summed E-state index contributed by atoms with van der Waals surface area (Å²) in [5, 5.41) is 12.2. The highest BCUT2D eigenvalue weighted by Crippen LogP contribution is 2.09. The summed E-state index contributed by atoms with van der Waals surface area (Å²) in [6.45, 7) is 6.32. The average Bonchev–Trinajstić information content (AvgIpc) is 3.13. The number of fused-ring (bicyclic) bond motifs is 1. The Morgan fingerprint density at radius 2 is 1.97 bits per heavy atom. The zero-order valence-corrected chi connectivity index (χ0v) is 18.6. The predicted octanol–water partition coefficient (Wildman–Crippen LogP) is -1.30. The number of carbonyl (C=O) groups excluding carboxylic acids is 2. The number of carbonyl (C=O) groups is 2. The molecule has 32 heavy (non-hydrogen) atoms. The number of amides is 1. The van der Waals surface area contributed by atoms with Crippen molar-refractivity contribution in [2.75, 3.05) is 18.9 Å². The van der Waals surface area contributed by atoms with E-state index in [4.69, 9.17) is 20.9 Å². The first-order valence-electron chi connectivity index (χ1n) is 10.2. The maximum Gasteiger partial charge on any atom is 0.328 e. The fourth-order valence-electron chi connectivity index (χ4n) is 2.72. The number of ether oxygens (including phenoxy) is 2. The number of H-pyrrole nitrogens is 1. The average molecular weight is 454 g/mol. The molecule has 7 N–H and O–H groups in total. The first kappa shape index (κ1) is 25.2. The predicted molar refractivity (Wildman–Crippen MR) is 115 cm³/mol. The Kier molecular flexibility index (Phi) is 8.69. The van der Waals surface area contributed by atoms with E-state index in [-0.39, 0.29) is 42.3 Å². The molecule has 0 fully saturated rings. The normalized spacial score (nSPS) is 14.5. The summed E-state index contributed by atoms with van der Waals surface area (Å²) < 4.78 is 12.2. The number of imidazole rings is 1. The van der Waals surface area contributed by atoms with Gasteiger partial charge in [0.15, 0.2) is 11.2 Å². The van der Waals surface area contributed by atoms with Crippen molar-refractivity contribution in [1.82, 2.24) is 24.8 Å². The van der Waals surface area contributed by atoms with E-state index < -0.39 is 42.2 Å². The zero-order chi connectivity index (χ0) is 24.0. The number of aromatic amines is 1. The molecule has 0 aromatic carbocycles. The SMILES string of the molecule is CC(C)[C@H](N)C(=O)N[C@H](C(=O)OC[C@@H](CO)OCn1cnc2c(=O)[nH]c(N)nc21)C(C)C. The molecule has 0 aliphatic heterocycles. The van der Waals surface area contributed by atoms with Crippen molar-refractivity contribution in [2.45, 2.75) is 52.6 Å². The van der Waals surface area contributed by atoms with Gasteiger partial charge in [-0.3, -0.25) is 19.1 Å². The van der Waals surface area contributed by atoms with Crippen LogP contribution in [0.3, 0.4) is 0 Å². The summed E-state index contributed by atoms with van der Waals surface area (Å²) >= 11 is 0. The Bertz CT molecular complexity index is 986. The van der Waals surface area contributed by atoms with Gasteiger partial charge >= 0.3 is 5.97 Å². The Balaban J connectivity index is 1.96. The van der Waals surface area contributed by atoms with Crippen LogP contribution in [0.25, 0.3) is 11.2 Å². The van der Waals surface area contributed by atoms with Gasteiger partial charge in [-0.2, -0.15) is 4.98 Å². The molecule has 178 valence electrons. The summed E-state index contributed by atoms with van der Waals surface area (Å²) in [4.78, 5) is 46.9. The van der Waals surface area contributed by atoms with Crippen LogP contribution in [0.15, 0.2) is 11.1 Å². The van der Waals surface area contributed by atoms with E-state index >= 15 is 0 Å². The molecule has 0 unspecified atom stereocenters. The lowest BCUT2D eigenvalue weighted by Crippen LogP contribution is -2.52. The second-order valence-corrected chi connectivity index (χ2v) is 8.07. The number of hydrogen-bond acceptors (Lipinski definition) is 10. The number of nitrogens with one attached hydrogen (secondary N) is 2. The molecule has 0 aliphatic carbocycles. The summed E-state index contributed by atoms with van der Waals surface area (Å²) in [5.41, 5.74) is 11.2. The van der Waals surface area contributed by atoms with Gasteiger partial charge in [0.05, 0.1) is 19.0 Å². The summed E-state index contributed by atoms with van der Waals surface area (Å²) in [5.74, 6) is -1.52. The number of nitrogen functional groups attached to an aromatic ring is 1. The van der Waals surface area contributed by atoms with Gasteiger partial charge in [0.2, 0.25) is 11.9 Å². The van der Waals surface area contributed by atoms with Crippen LogP contribution in [0, 0.1) is 11.8 Å². The van der Waals surface area contributed by atoms with E-state index in [1.807, 2.05) is 0 Å². The van der Waals surface area contributed by atoms with Crippen molar-refractivity contribution in [2.24, 2.45) is 17.6 Å². The lowest BCUT2D eigenvalue weighted by atomic mass is 10.0. The lowest BCUT2D eigenvalue weighted by molar-refractivity contribution is -0.155. The molecule has 2 aromatic heterocycles. The van der Waals surface area contributed by atoms with Gasteiger partial charge in [-0.15, -0.1) is 0 Å². The number of anilines is 1. The van der Waals surface area contributed by atoms with E-state index in [9.17, 15) is 19.5 Å². The first-order chi connectivity index (χ1) is 15.0. The summed E-state index contributed by atoms with van der Waals surface area (Å²) in [6, 6.07) is -1.65. The minimum atomic E-state index is -0.900. The Morgan fingerprint density at radius 3 is 2.56 bits per heavy atom. The number of nitrogens with zero attached hydrogens (tertiary/aromatic N) is 3. The minimum Gasteiger partial charge on any atom is -0.461 e. The van der Waals surface area contributed by atoms with Crippen molar-refractivity contribution in [3.63, 3.8) is 0 Å². The monoisotopic (exact) mass is 453 g/mol. The van der Waals surface area contributed by atoms with E-state index in [0.29, 0.717) is 0 Å². The Morgan fingerprint density at radius 1 is 1.28 bits per heavy atom. The highest BCUT2D eigenvalue weighted by molar-refractivity contribution is 5.87. The number of aliphatic hydroxyl groups excluding tert-OH is 1. The quantitative estimate of drug-likeness (QED) is 0.255. The molecule has 0 saturated heterocycles. The van der Waals surface area contributed by atoms with E-state index in [2.05, 4.69) is 20.3 Å². The second-order valence-electron chi connectivity index (χ2n) is 8.07. The fraction of sp³-hybridized carbons (Fsp3) is 0.632. The molecule has 13 heteroatoms. The van der Waals surface area contributed by atoms with E-state index in [1.54, 1.807) is 27.7 Å². The van der Waals surface area contributed by atoms with Gasteiger partial charge in [-0.05, 0) is 11.8 Å². The summed E-state index contributed by atoms with van der Waals surface area (Å²) in [6.07, 6.45) is 0.479. The van der Waals surface area contributed by atoms with Crippen LogP contribution in [0.4, 0.5) is 5.95 Å². The Hall–Kier alpha value is -3.03. The van der Waals surface area contributed by atoms with Crippen molar-refractivity contribution in [3.05, 3.63) is 16.7 Å². The summed E-state index contributed by atoms with van der Waals surface area (Å²) in [7, 11) is 0. The minimum absolute atomic E-state index is 0.0733. The molecule has 0 aliphatic rings. The number of esters is 1.